The van der Waals surface area contributed by atoms with E-state index in [1.807, 2.05) is 12.3 Å². The minimum absolute atomic E-state index is 0.558. The molecule has 1 saturated heterocycles. The van der Waals surface area contributed by atoms with Gasteiger partial charge in [0.05, 0.1) is 25.2 Å². The van der Waals surface area contributed by atoms with E-state index < -0.39 is 11.9 Å². The van der Waals surface area contributed by atoms with Crippen LogP contribution in [-0.4, -0.2) is 60.4 Å². The van der Waals surface area contributed by atoms with E-state index in [0.717, 1.165) is 37.6 Å². The summed E-state index contributed by atoms with van der Waals surface area (Å²) in [6.07, 6.45) is 5.93. The van der Waals surface area contributed by atoms with Gasteiger partial charge in [0.2, 0.25) is 0 Å². The summed E-state index contributed by atoms with van der Waals surface area (Å²) in [5.74, 6) is -1.69. The molecule has 0 aromatic carbocycles. The first-order chi connectivity index (χ1) is 11.0. The molecule has 0 radical (unpaired) electrons. The van der Waals surface area contributed by atoms with E-state index >= 15 is 0 Å². The van der Waals surface area contributed by atoms with E-state index in [4.69, 9.17) is 14.9 Å². The first-order valence-electron chi connectivity index (χ1n) is 7.11. The van der Waals surface area contributed by atoms with Gasteiger partial charge in [0.15, 0.2) is 0 Å². The van der Waals surface area contributed by atoms with Crippen LogP contribution >= 0.6 is 0 Å². The fourth-order valence-corrected chi connectivity index (χ4v) is 1.94. The summed E-state index contributed by atoms with van der Waals surface area (Å²) in [6, 6.07) is 2.04. The molecule has 3 N–H and O–H groups in total. The summed E-state index contributed by atoms with van der Waals surface area (Å²) in [5, 5.41) is 19.0. The lowest BCUT2D eigenvalue weighted by Gasteiger charge is -2.22. The third-order valence-corrected chi connectivity index (χ3v) is 3.01. The van der Waals surface area contributed by atoms with Crippen LogP contribution in [0.15, 0.2) is 30.6 Å². The third kappa shape index (κ3) is 7.82. The lowest BCUT2D eigenvalue weighted by atomic mass is 10.3. The Balaban J connectivity index is 0.000000284. The van der Waals surface area contributed by atoms with Crippen molar-refractivity contribution in [3.63, 3.8) is 0 Å². The highest BCUT2D eigenvalue weighted by Gasteiger charge is 2.10. The number of carbonyl (C=O) groups is 2. The molecule has 0 bridgehead atoms. The predicted molar refractivity (Wildman–Crippen MR) is 84.9 cm³/mol. The van der Waals surface area contributed by atoms with Crippen LogP contribution < -0.4 is 15.0 Å². The van der Waals surface area contributed by atoms with E-state index in [1.54, 1.807) is 13.3 Å². The van der Waals surface area contributed by atoms with Gasteiger partial charge in [0.25, 0.3) is 0 Å². The van der Waals surface area contributed by atoms with Crippen molar-refractivity contribution in [1.82, 2.24) is 10.3 Å². The smallest absolute Gasteiger partial charge is 0.328 e. The SMILES string of the molecule is COc1cncc(N2CCCNCC2)c1.O=C(O)/C=C/C(=O)O. The van der Waals surface area contributed by atoms with Crippen LogP contribution in [0.5, 0.6) is 5.75 Å². The molecular weight excluding hydrogens is 302 g/mol. The van der Waals surface area contributed by atoms with Gasteiger partial charge < -0.3 is 25.2 Å². The number of nitrogens with one attached hydrogen (secondary N) is 1. The van der Waals surface area contributed by atoms with Gasteiger partial charge in [-0.3, -0.25) is 4.98 Å². The van der Waals surface area contributed by atoms with Crippen molar-refractivity contribution in [3.8, 4) is 5.75 Å². The maximum absolute atomic E-state index is 9.55. The predicted octanol–water partition coefficient (Wildman–Crippen LogP) is 0.602. The quantitative estimate of drug-likeness (QED) is 0.691. The highest BCUT2D eigenvalue weighted by atomic mass is 16.5. The van der Waals surface area contributed by atoms with Crippen molar-refractivity contribution in [2.24, 2.45) is 0 Å². The molecule has 23 heavy (non-hydrogen) atoms. The monoisotopic (exact) mass is 323 g/mol. The molecule has 1 aromatic heterocycles. The Bertz CT molecular complexity index is 524. The third-order valence-electron chi connectivity index (χ3n) is 3.01. The fourth-order valence-electron chi connectivity index (χ4n) is 1.94. The number of carboxylic acids is 2. The number of ether oxygens (including phenoxy) is 1. The van der Waals surface area contributed by atoms with Gasteiger partial charge in [-0.15, -0.1) is 0 Å². The minimum atomic E-state index is -1.26. The van der Waals surface area contributed by atoms with Crippen molar-refractivity contribution in [2.75, 3.05) is 38.2 Å². The molecular formula is C15H21N3O5. The maximum atomic E-state index is 9.55. The Hall–Kier alpha value is -2.61. The Labute approximate surface area is 134 Å². The molecule has 0 atom stereocenters. The van der Waals surface area contributed by atoms with Crippen LogP contribution in [0.25, 0.3) is 0 Å². The van der Waals surface area contributed by atoms with E-state index in [1.165, 1.54) is 6.42 Å². The van der Waals surface area contributed by atoms with Crippen molar-refractivity contribution >= 4 is 17.6 Å². The van der Waals surface area contributed by atoms with Gasteiger partial charge in [-0.1, -0.05) is 0 Å². The van der Waals surface area contributed by atoms with E-state index in [-0.39, 0.29) is 0 Å². The molecule has 0 unspecified atom stereocenters. The summed E-state index contributed by atoms with van der Waals surface area (Å²) in [5.41, 5.74) is 1.15. The van der Waals surface area contributed by atoms with Gasteiger partial charge in [0.1, 0.15) is 5.75 Å². The summed E-state index contributed by atoms with van der Waals surface area (Å²) < 4.78 is 5.17. The number of anilines is 1. The summed E-state index contributed by atoms with van der Waals surface area (Å²) >= 11 is 0. The van der Waals surface area contributed by atoms with Crippen molar-refractivity contribution < 1.29 is 24.5 Å². The molecule has 8 nitrogen and oxygen atoms in total. The van der Waals surface area contributed by atoms with Crippen LogP contribution in [0.2, 0.25) is 0 Å². The van der Waals surface area contributed by atoms with Crippen LogP contribution in [0.3, 0.4) is 0 Å². The Morgan fingerprint density at radius 2 is 1.91 bits per heavy atom. The molecule has 8 heteroatoms. The number of aromatic nitrogens is 1. The number of methoxy groups -OCH3 is 1. The molecule has 0 aliphatic carbocycles. The Morgan fingerprint density at radius 3 is 2.52 bits per heavy atom. The number of rotatable bonds is 4. The fraction of sp³-hybridized carbons (Fsp3) is 0.400. The van der Waals surface area contributed by atoms with Gasteiger partial charge in [-0.2, -0.15) is 0 Å². The van der Waals surface area contributed by atoms with Crippen molar-refractivity contribution in [1.29, 1.82) is 0 Å². The Morgan fingerprint density at radius 1 is 1.22 bits per heavy atom. The highest BCUT2D eigenvalue weighted by Crippen LogP contribution is 2.19. The normalized spacial score (nSPS) is 14.6. The topological polar surface area (TPSA) is 112 Å². The average Bonchev–Trinajstić information content (AvgIpc) is 2.83. The number of nitrogens with zero attached hydrogens (tertiary/aromatic N) is 2. The molecule has 0 amide bonds. The number of carboxylic acid groups (broad SMARTS) is 2. The van der Waals surface area contributed by atoms with Gasteiger partial charge in [-0.05, 0) is 13.0 Å². The highest BCUT2D eigenvalue weighted by molar-refractivity contribution is 5.89. The molecule has 1 aliphatic rings. The lowest BCUT2D eigenvalue weighted by Crippen LogP contribution is -2.27. The van der Waals surface area contributed by atoms with Gasteiger partial charge in [0, 0.05) is 37.9 Å². The zero-order valence-electron chi connectivity index (χ0n) is 12.9. The first-order valence-corrected chi connectivity index (χ1v) is 7.11. The van der Waals surface area contributed by atoms with Crippen LogP contribution in [0, 0.1) is 0 Å². The molecule has 2 heterocycles. The lowest BCUT2D eigenvalue weighted by molar-refractivity contribution is -0.134. The molecule has 0 saturated carbocycles. The van der Waals surface area contributed by atoms with Crippen LogP contribution in [-0.2, 0) is 9.59 Å². The summed E-state index contributed by atoms with van der Waals surface area (Å²) in [7, 11) is 1.67. The van der Waals surface area contributed by atoms with Crippen LogP contribution in [0.4, 0.5) is 5.69 Å². The largest absolute Gasteiger partial charge is 0.495 e. The van der Waals surface area contributed by atoms with E-state index in [0.29, 0.717) is 12.2 Å². The van der Waals surface area contributed by atoms with Gasteiger partial charge in [-0.25, -0.2) is 9.59 Å². The number of hydrogen-bond donors (Lipinski definition) is 3. The zero-order chi connectivity index (χ0) is 17.1. The Kier molecular flexibility index (Phi) is 8.16. The molecule has 1 aromatic rings. The summed E-state index contributed by atoms with van der Waals surface area (Å²) in [6.45, 7) is 4.27. The first kappa shape index (κ1) is 18.4. The number of aliphatic carboxylic acids is 2. The van der Waals surface area contributed by atoms with Crippen molar-refractivity contribution in [2.45, 2.75) is 6.42 Å². The molecule has 1 aliphatic heterocycles. The van der Waals surface area contributed by atoms with E-state index in [2.05, 4.69) is 15.2 Å². The number of hydrogen-bond acceptors (Lipinski definition) is 6. The number of pyridine rings is 1. The summed E-state index contributed by atoms with van der Waals surface area (Å²) in [4.78, 5) is 25.6. The second-order valence-corrected chi connectivity index (χ2v) is 4.68. The molecule has 0 spiro atoms. The van der Waals surface area contributed by atoms with Gasteiger partial charge >= 0.3 is 11.9 Å². The van der Waals surface area contributed by atoms with Crippen molar-refractivity contribution in [3.05, 3.63) is 30.6 Å². The standard InChI is InChI=1S/C11H17N3O.C4H4O4/c1-15-11-7-10(8-13-9-11)14-5-2-3-12-4-6-14;5-3(6)1-2-4(7)8/h7-9,12H,2-6H2,1H3;1-2H,(H,5,6)(H,7,8)/b;2-1+. The molecule has 126 valence electrons. The molecule has 1 fully saturated rings. The maximum Gasteiger partial charge on any atom is 0.328 e. The van der Waals surface area contributed by atoms with E-state index in [9.17, 15) is 9.59 Å². The molecule has 2 rings (SSSR count). The second kappa shape index (κ2) is 10.2. The second-order valence-electron chi connectivity index (χ2n) is 4.68. The average molecular weight is 323 g/mol. The minimum Gasteiger partial charge on any atom is -0.495 e. The van der Waals surface area contributed by atoms with Crippen LogP contribution in [0.1, 0.15) is 6.42 Å². The zero-order valence-corrected chi connectivity index (χ0v) is 12.9.